The molecule has 1 aliphatic rings. The minimum absolute atomic E-state index is 0.210. The second-order valence-corrected chi connectivity index (χ2v) is 4.96. The van der Waals surface area contributed by atoms with Gasteiger partial charge >= 0.3 is 0 Å². The van der Waals surface area contributed by atoms with Crippen molar-refractivity contribution in [1.29, 1.82) is 0 Å². The zero-order valence-electron chi connectivity index (χ0n) is 11.8. The zero-order chi connectivity index (χ0) is 14.5. The predicted molar refractivity (Wildman–Crippen MR) is 77.9 cm³/mol. The number of rotatable bonds is 1. The average Bonchev–Trinajstić information content (AvgIpc) is 2.87. The number of halogens is 2. The quantitative estimate of drug-likeness (QED) is 0.833. The minimum Gasteiger partial charge on any atom is -0.323 e. The van der Waals surface area contributed by atoms with Gasteiger partial charge in [0.05, 0.1) is 0 Å². The average molecular weight is 275 g/mol. The van der Waals surface area contributed by atoms with Gasteiger partial charge in [0.1, 0.15) is 0 Å². The van der Waals surface area contributed by atoms with Crippen LogP contribution in [-0.2, 0) is 6.42 Å². The van der Waals surface area contributed by atoms with Crippen molar-refractivity contribution in [2.24, 2.45) is 0 Å². The summed E-state index contributed by atoms with van der Waals surface area (Å²) in [5.74, 6) is -1.33. The lowest BCUT2D eigenvalue weighted by Gasteiger charge is -2.12. The van der Waals surface area contributed by atoms with E-state index in [0.717, 1.165) is 18.4 Å². The topological polar surface area (TPSA) is 12.0 Å². The van der Waals surface area contributed by atoms with E-state index in [1.807, 2.05) is 26.2 Å². The van der Waals surface area contributed by atoms with Crippen LogP contribution < -0.4 is 5.32 Å². The predicted octanol–water partition coefficient (Wildman–Crippen LogP) is 3.88. The summed E-state index contributed by atoms with van der Waals surface area (Å²) in [5, 5.41) is 2.75. The normalized spacial score (nSPS) is 16.3. The van der Waals surface area contributed by atoms with Gasteiger partial charge in [0, 0.05) is 5.92 Å². The van der Waals surface area contributed by atoms with Gasteiger partial charge in [-0.1, -0.05) is 30.3 Å². The van der Waals surface area contributed by atoms with Gasteiger partial charge in [-0.2, -0.15) is 0 Å². The van der Waals surface area contributed by atoms with Crippen LogP contribution in [0.5, 0.6) is 0 Å². The van der Waals surface area contributed by atoms with Crippen molar-refractivity contribution < 1.29 is 8.78 Å². The highest BCUT2D eigenvalue weighted by atomic mass is 19.2. The number of benzene rings is 2. The number of nitrogens with one attached hydrogen (secondary N) is 1. The molecule has 0 fully saturated rings. The van der Waals surface area contributed by atoms with Crippen LogP contribution in [0, 0.1) is 11.6 Å². The van der Waals surface area contributed by atoms with Crippen molar-refractivity contribution in [2.75, 3.05) is 14.1 Å². The fourth-order valence-corrected chi connectivity index (χ4v) is 2.63. The standard InChI is InChI=1S/C15H12F2.C2H7N/c16-14-8-6-11(9-15(14)17)13-7-5-10-3-1-2-4-12(10)13;1-3-2/h1-4,6,8-9,13H,5,7H2;3H,1-2H3. The van der Waals surface area contributed by atoms with Crippen LogP contribution in [0.4, 0.5) is 8.78 Å². The molecule has 0 bridgehead atoms. The molecule has 2 aromatic rings. The lowest BCUT2D eigenvalue weighted by molar-refractivity contribution is 0.506. The Bertz CT molecular complexity index is 581. The second kappa shape index (κ2) is 6.62. The first-order chi connectivity index (χ1) is 9.67. The third-order valence-electron chi connectivity index (χ3n) is 3.48. The monoisotopic (exact) mass is 275 g/mol. The Kier molecular flexibility index (Phi) is 4.85. The van der Waals surface area contributed by atoms with E-state index in [9.17, 15) is 8.78 Å². The molecular formula is C17H19F2N. The molecule has 0 saturated heterocycles. The molecule has 1 aliphatic carbocycles. The fraction of sp³-hybridized carbons (Fsp3) is 0.294. The van der Waals surface area contributed by atoms with Crippen LogP contribution >= 0.6 is 0 Å². The highest BCUT2D eigenvalue weighted by Gasteiger charge is 2.23. The molecule has 2 aromatic carbocycles. The van der Waals surface area contributed by atoms with Gasteiger partial charge < -0.3 is 5.32 Å². The SMILES string of the molecule is CNC.Fc1ccc(C2CCc3ccccc32)cc1F. The smallest absolute Gasteiger partial charge is 0.159 e. The fourth-order valence-electron chi connectivity index (χ4n) is 2.63. The van der Waals surface area contributed by atoms with E-state index in [-0.39, 0.29) is 5.92 Å². The van der Waals surface area contributed by atoms with Crippen molar-refractivity contribution in [3.63, 3.8) is 0 Å². The van der Waals surface area contributed by atoms with E-state index in [2.05, 4.69) is 17.4 Å². The van der Waals surface area contributed by atoms with E-state index in [0.29, 0.717) is 0 Å². The van der Waals surface area contributed by atoms with Crippen LogP contribution in [0.3, 0.4) is 0 Å². The molecule has 0 aliphatic heterocycles. The van der Waals surface area contributed by atoms with E-state index in [4.69, 9.17) is 0 Å². The summed E-state index contributed by atoms with van der Waals surface area (Å²) in [6, 6.07) is 12.4. The minimum atomic E-state index is -0.778. The van der Waals surface area contributed by atoms with E-state index < -0.39 is 11.6 Å². The lowest BCUT2D eigenvalue weighted by atomic mass is 9.93. The maximum Gasteiger partial charge on any atom is 0.159 e. The van der Waals surface area contributed by atoms with Crippen LogP contribution in [0.25, 0.3) is 0 Å². The summed E-state index contributed by atoms with van der Waals surface area (Å²) < 4.78 is 26.1. The molecule has 0 amide bonds. The summed E-state index contributed by atoms with van der Waals surface area (Å²) in [6.07, 6.45) is 1.99. The zero-order valence-corrected chi connectivity index (χ0v) is 11.8. The molecule has 3 heteroatoms. The molecule has 106 valence electrons. The number of aryl methyl sites for hydroxylation is 1. The van der Waals surface area contributed by atoms with Gasteiger partial charge in [-0.25, -0.2) is 8.78 Å². The summed E-state index contributed by atoms with van der Waals surface area (Å²) in [5.41, 5.74) is 3.44. The van der Waals surface area contributed by atoms with Crippen molar-refractivity contribution in [3.8, 4) is 0 Å². The van der Waals surface area contributed by atoms with Crippen LogP contribution in [0.15, 0.2) is 42.5 Å². The Morgan fingerprint density at radius 2 is 1.70 bits per heavy atom. The first kappa shape index (κ1) is 14.7. The van der Waals surface area contributed by atoms with Gasteiger partial charge in [-0.15, -0.1) is 0 Å². The lowest BCUT2D eigenvalue weighted by Crippen LogP contribution is -1.97. The van der Waals surface area contributed by atoms with Gasteiger partial charge in [-0.3, -0.25) is 0 Å². The van der Waals surface area contributed by atoms with Crippen molar-refractivity contribution in [1.82, 2.24) is 5.32 Å². The Balaban J connectivity index is 0.000000452. The molecule has 1 nitrogen and oxygen atoms in total. The third kappa shape index (κ3) is 3.05. The molecule has 1 atom stereocenters. The molecule has 0 spiro atoms. The summed E-state index contributed by atoms with van der Waals surface area (Å²) in [4.78, 5) is 0. The molecule has 0 radical (unpaired) electrons. The van der Waals surface area contributed by atoms with Gasteiger partial charge in [0.2, 0.25) is 0 Å². The molecule has 1 N–H and O–H groups in total. The highest BCUT2D eigenvalue weighted by Crippen LogP contribution is 2.38. The molecule has 0 aromatic heterocycles. The number of hydrogen-bond donors (Lipinski definition) is 1. The van der Waals surface area contributed by atoms with E-state index in [1.165, 1.54) is 23.3 Å². The summed E-state index contributed by atoms with van der Waals surface area (Å²) in [6.45, 7) is 0. The Morgan fingerprint density at radius 3 is 2.40 bits per heavy atom. The van der Waals surface area contributed by atoms with Crippen molar-refractivity contribution in [3.05, 3.63) is 70.8 Å². The highest BCUT2D eigenvalue weighted by molar-refractivity contribution is 5.42. The first-order valence-electron chi connectivity index (χ1n) is 6.78. The second-order valence-electron chi connectivity index (χ2n) is 4.96. The number of fused-ring (bicyclic) bond motifs is 1. The van der Waals surface area contributed by atoms with E-state index >= 15 is 0 Å². The summed E-state index contributed by atoms with van der Waals surface area (Å²) >= 11 is 0. The van der Waals surface area contributed by atoms with Crippen LogP contribution in [-0.4, -0.2) is 14.1 Å². The van der Waals surface area contributed by atoms with Crippen molar-refractivity contribution in [2.45, 2.75) is 18.8 Å². The third-order valence-corrected chi connectivity index (χ3v) is 3.48. The van der Waals surface area contributed by atoms with Gasteiger partial charge in [0.15, 0.2) is 11.6 Å². The summed E-state index contributed by atoms with van der Waals surface area (Å²) in [7, 11) is 3.75. The molecule has 0 saturated carbocycles. The molecule has 3 rings (SSSR count). The molecule has 0 heterocycles. The van der Waals surface area contributed by atoms with Crippen molar-refractivity contribution >= 4 is 0 Å². The Hall–Kier alpha value is -1.74. The maximum absolute atomic E-state index is 13.2. The van der Waals surface area contributed by atoms with E-state index in [1.54, 1.807) is 6.07 Å². The molecular weight excluding hydrogens is 256 g/mol. The first-order valence-corrected chi connectivity index (χ1v) is 6.78. The number of hydrogen-bond acceptors (Lipinski definition) is 1. The van der Waals surface area contributed by atoms with Crippen LogP contribution in [0.1, 0.15) is 29.0 Å². The van der Waals surface area contributed by atoms with Gasteiger partial charge in [0.25, 0.3) is 0 Å². The van der Waals surface area contributed by atoms with Crippen LogP contribution in [0.2, 0.25) is 0 Å². The largest absolute Gasteiger partial charge is 0.323 e. The molecule has 20 heavy (non-hydrogen) atoms. The Labute approximate surface area is 118 Å². The molecule has 1 unspecified atom stereocenters. The maximum atomic E-state index is 13.2. The Morgan fingerprint density at radius 1 is 1.00 bits per heavy atom. The van der Waals surface area contributed by atoms with Gasteiger partial charge in [-0.05, 0) is 55.8 Å².